The number of aromatic nitrogens is 2. The van der Waals surface area contributed by atoms with Crippen molar-refractivity contribution in [3.05, 3.63) is 17.4 Å². The minimum atomic E-state index is 0.236. The molecular weight excluding hydrogens is 92.1 g/mol. The molecule has 1 rings (SSSR count). The van der Waals surface area contributed by atoms with Crippen molar-refractivity contribution in [2.75, 3.05) is 0 Å². The molecule has 0 aromatic carbocycles. The fraction of sp³-hybridized carbons (Fsp3) is 0. The van der Waals surface area contributed by atoms with E-state index < -0.39 is 0 Å². The van der Waals surface area contributed by atoms with Crippen LogP contribution in [0.4, 0.5) is 5.95 Å². The third-order valence-electron chi connectivity index (χ3n) is 0.579. The molecule has 34 valence electrons. The van der Waals surface area contributed by atoms with E-state index in [-0.39, 0.29) is 5.95 Å². The quantitative estimate of drug-likeness (QED) is 0.486. The van der Waals surface area contributed by atoms with Crippen molar-refractivity contribution in [2.45, 2.75) is 0 Å². The lowest BCUT2D eigenvalue weighted by atomic mass is 11.0. The Morgan fingerprint density at radius 1 is 1.86 bits per heavy atom. The predicted octanol–water partition coefficient (Wildman–Crippen LogP) is 0.894. The van der Waals surface area contributed by atoms with E-state index in [1.165, 1.54) is 6.20 Å². The van der Waals surface area contributed by atoms with Gasteiger partial charge in [0.1, 0.15) is 6.20 Å². The van der Waals surface area contributed by atoms with Gasteiger partial charge in [0.05, 0.1) is 11.6 Å². The number of rotatable bonds is 0. The minimum Gasteiger partial charge on any atom is -0.229 e. The number of H-pyrrole nitrogens is 1. The molecule has 0 radical (unpaired) electrons. The van der Waals surface area contributed by atoms with E-state index in [1.807, 2.05) is 0 Å². The topological polar surface area (TPSA) is 56.8 Å². The first-order chi connectivity index (χ1) is 3.43. The molecule has 4 nitrogen and oxygen atoms in total. The number of hydrogen-bond acceptors (Lipinski definition) is 2. The van der Waals surface area contributed by atoms with E-state index in [9.17, 15) is 0 Å². The lowest BCUT2D eigenvalue weighted by molar-refractivity contribution is 1.30. The largest absolute Gasteiger partial charge is 0.525 e. The Morgan fingerprint density at radius 3 is 3.00 bits per heavy atom. The van der Waals surface area contributed by atoms with Crippen LogP contribution in [0.2, 0.25) is 0 Å². The number of nitrogens with one attached hydrogen (secondary N) is 1. The van der Waals surface area contributed by atoms with Gasteiger partial charge in [-0.1, -0.05) is 4.98 Å². The molecule has 7 heavy (non-hydrogen) atoms. The summed E-state index contributed by atoms with van der Waals surface area (Å²) >= 11 is 0. The molecular formula is C3H3N4+. The number of nitrogens with zero attached hydrogens (tertiary/aromatic N) is 3. The third kappa shape index (κ3) is 0.550. The molecule has 4 heteroatoms. The Labute approximate surface area is 39.8 Å². The van der Waals surface area contributed by atoms with Crippen molar-refractivity contribution >= 4 is 5.95 Å². The zero-order valence-electron chi connectivity index (χ0n) is 3.50. The predicted molar refractivity (Wildman–Crippen MR) is 23.3 cm³/mol. The van der Waals surface area contributed by atoms with Crippen LogP contribution in [-0.4, -0.2) is 9.97 Å². The summed E-state index contributed by atoms with van der Waals surface area (Å²) in [5, 5.41) is 7.96. The molecule has 0 amide bonds. The second kappa shape index (κ2) is 1.39. The fourth-order valence-corrected chi connectivity index (χ4v) is 0.312. The second-order valence-electron chi connectivity index (χ2n) is 1.01. The molecule has 0 atom stereocenters. The van der Waals surface area contributed by atoms with Crippen LogP contribution in [0.5, 0.6) is 0 Å². The normalized spacial score (nSPS) is 7.86. The van der Waals surface area contributed by atoms with Crippen molar-refractivity contribution < 1.29 is 0 Å². The number of aromatic amines is 1. The smallest absolute Gasteiger partial charge is 0.229 e. The minimum absolute atomic E-state index is 0.236. The molecule has 1 N–H and O–H groups in total. The summed E-state index contributed by atoms with van der Waals surface area (Å²) in [4.78, 5) is 8.89. The van der Waals surface area contributed by atoms with E-state index in [0.29, 0.717) is 0 Å². The maximum Gasteiger partial charge on any atom is 0.525 e. The van der Waals surface area contributed by atoms with Gasteiger partial charge in [0.25, 0.3) is 0 Å². The van der Waals surface area contributed by atoms with Gasteiger partial charge in [0.15, 0.2) is 0 Å². The van der Waals surface area contributed by atoms with Gasteiger partial charge in [0.2, 0.25) is 0 Å². The highest BCUT2D eigenvalue weighted by Gasteiger charge is 1.98. The Kier molecular flexibility index (Phi) is 0.755. The number of diazo groups is 1. The van der Waals surface area contributed by atoms with Crippen LogP contribution in [-0.2, 0) is 0 Å². The van der Waals surface area contributed by atoms with E-state index in [4.69, 9.17) is 5.39 Å². The summed E-state index contributed by atoms with van der Waals surface area (Å²) in [6, 6.07) is 0. The summed E-state index contributed by atoms with van der Waals surface area (Å²) in [5.74, 6) is 0.236. The molecule has 1 aromatic heterocycles. The molecule has 1 aromatic rings. The molecule has 0 aliphatic carbocycles. The first kappa shape index (κ1) is 3.81. The summed E-state index contributed by atoms with van der Waals surface area (Å²) in [6.45, 7) is 0. The first-order valence-electron chi connectivity index (χ1n) is 1.78. The average molecular weight is 95.1 g/mol. The Bertz CT molecular complexity index is 169. The van der Waals surface area contributed by atoms with Crippen molar-refractivity contribution in [1.29, 1.82) is 5.39 Å². The van der Waals surface area contributed by atoms with Gasteiger partial charge in [-0.15, -0.1) is 0 Å². The standard InChI is InChI=1S/C3H3N4/c4-7-3-5-1-2-6-3/h1-2H,(H,5,6)/q+1. The van der Waals surface area contributed by atoms with Crippen LogP contribution in [0.3, 0.4) is 0 Å². The molecule has 0 unspecified atom stereocenters. The highest BCUT2D eigenvalue weighted by atomic mass is 15.1. The van der Waals surface area contributed by atoms with E-state index in [2.05, 4.69) is 14.9 Å². The Balaban J connectivity index is 3.04. The highest BCUT2D eigenvalue weighted by molar-refractivity contribution is 5.21. The van der Waals surface area contributed by atoms with E-state index in [1.54, 1.807) is 6.20 Å². The Hall–Kier alpha value is -1.37. The van der Waals surface area contributed by atoms with Crippen molar-refractivity contribution in [3.63, 3.8) is 0 Å². The lowest BCUT2D eigenvalue weighted by Gasteiger charge is -1.50. The molecule has 0 aliphatic heterocycles. The van der Waals surface area contributed by atoms with Crippen LogP contribution in [0.25, 0.3) is 4.98 Å². The van der Waals surface area contributed by atoms with Crippen molar-refractivity contribution in [2.24, 2.45) is 0 Å². The molecule has 1 heterocycles. The number of imidazole rings is 1. The lowest BCUT2D eigenvalue weighted by Crippen LogP contribution is -1.55. The third-order valence-corrected chi connectivity index (χ3v) is 0.579. The van der Waals surface area contributed by atoms with Gasteiger partial charge in [0, 0.05) is 0 Å². The zero-order valence-corrected chi connectivity index (χ0v) is 3.50. The summed E-state index contributed by atoms with van der Waals surface area (Å²) < 4.78 is 0. The van der Waals surface area contributed by atoms with Gasteiger partial charge in [-0.05, 0) is 4.98 Å². The SMILES string of the molecule is N#[N+]c1ncc[nH]1. The van der Waals surface area contributed by atoms with Crippen molar-refractivity contribution in [3.8, 4) is 0 Å². The first-order valence-corrected chi connectivity index (χ1v) is 1.78. The number of hydrogen-bond donors (Lipinski definition) is 1. The zero-order chi connectivity index (χ0) is 5.11. The van der Waals surface area contributed by atoms with Gasteiger partial charge < -0.3 is 0 Å². The van der Waals surface area contributed by atoms with Gasteiger partial charge in [-0.25, -0.2) is 4.98 Å². The van der Waals surface area contributed by atoms with E-state index in [0.717, 1.165) is 0 Å². The molecule has 0 bridgehead atoms. The van der Waals surface area contributed by atoms with Crippen LogP contribution in [0.1, 0.15) is 0 Å². The molecule has 0 spiro atoms. The molecule has 0 saturated heterocycles. The van der Waals surface area contributed by atoms with Crippen LogP contribution in [0, 0.1) is 5.39 Å². The molecule has 0 fully saturated rings. The van der Waals surface area contributed by atoms with Crippen LogP contribution >= 0.6 is 0 Å². The van der Waals surface area contributed by atoms with Crippen LogP contribution in [0.15, 0.2) is 12.4 Å². The van der Waals surface area contributed by atoms with Crippen molar-refractivity contribution in [1.82, 2.24) is 9.97 Å². The monoisotopic (exact) mass is 95.0 g/mol. The summed E-state index contributed by atoms with van der Waals surface area (Å²) in [6.07, 6.45) is 3.09. The molecule has 0 aliphatic rings. The summed E-state index contributed by atoms with van der Waals surface area (Å²) in [5.41, 5.74) is 0. The van der Waals surface area contributed by atoms with Crippen LogP contribution < -0.4 is 0 Å². The van der Waals surface area contributed by atoms with Gasteiger partial charge in [-0.3, -0.25) is 0 Å². The van der Waals surface area contributed by atoms with Gasteiger partial charge in [-0.2, -0.15) is 0 Å². The maximum atomic E-state index is 7.96. The second-order valence-corrected chi connectivity index (χ2v) is 1.01. The van der Waals surface area contributed by atoms with E-state index >= 15 is 0 Å². The highest BCUT2D eigenvalue weighted by Crippen LogP contribution is 1.96. The maximum absolute atomic E-state index is 7.96. The summed E-state index contributed by atoms with van der Waals surface area (Å²) in [7, 11) is 0. The average Bonchev–Trinajstić information content (AvgIpc) is 2.14. The Morgan fingerprint density at radius 2 is 2.71 bits per heavy atom. The molecule has 0 saturated carbocycles. The fourth-order valence-electron chi connectivity index (χ4n) is 0.312. The van der Waals surface area contributed by atoms with Gasteiger partial charge >= 0.3 is 5.95 Å².